The topological polar surface area (TPSA) is 203 Å². The van der Waals surface area contributed by atoms with Gasteiger partial charge in [0.15, 0.2) is 17.3 Å². The van der Waals surface area contributed by atoms with Crippen molar-refractivity contribution in [2.75, 3.05) is 0 Å². The summed E-state index contributed by atoms with van der Waals surface area (Å²) in [4.78, 5) is 66.1. The summed E-state index contributed by atoms with van der Waals surface area (Å²) in [5.41, 5.74) is 2.04. The van der Waals surface area contributed by atoms with Crippen LogP contribution in [-0.2, 0) is 64.6 Å². The van der Waals surface area contributed by atoms with Gasteiger partial charge in [-0.25, -0.2) is 0 Å². The Morgan fingerprint density at radius 1 is 0.495 bits per heavy atom. The summed E-state index contributed by atoms with van der Waals surface area (Å²) < 4.78 is 16.8. The van der Waals surface area contributed by atoms with Crippen molar-refractivity contribution in [3.63, 3.8) is 0 Å². The number of carbonyl (C=O) groups excluding carboxylic acids is 2. The van der Waals surface area contributed by atoms with Crippen LogP contribution in [0.25, 0.3) is 6.08 Å². The van der Waals surface area contributed by atoms with E-state index in [0.717, 1.165) is 11.1 Å². The van der Waals surface area contributed by atoms with Gasteiger partial charge in [-0.15, -0.1) is 11.3 Å². The molecule has 18 heteroatoms. The molecule has 0 unspecified atom stereocenters. The van der Waals surface area contributed by atoms with Gasteiger partial charge in [-0.2, -0.15) is 13.5 Å². The zero-order chi connectivity index (χ0) is 83.0. The van der Waals surface area contributed by atoms with Gasteiger partial charge in [-0.05, 0) is 186 Å². The van der Waals surface area contributed by atoms with E-state index in [2.05, 4.69) is 257 Å². The molecule has 109 heavy (non-hydrogen) atoms. The summed E-state index contributed by atoms with van der Waals surface area (Å²) in [6, 6.07) is 12.4. The number of Topliss-reactive ketones (excluding diaryl/α,β-unsaturated/α-hetero) is 2. The van der Waals surface area contributed by atoms with Crippen LogP contribution in [0.4, 0.5) is 0 Å². The molecule has 6 rings (SSSR count). The summed E-state index contributed by atoms with van der Waals surface area (Å²) in [6.45, 7) is 78.9. The molecule has 3 aromatic heterocycles. The number of carbonyl (C=O) groups is 2. The third kappa shape index (κ3) is 43.8. The van der Waals surface area contributed by atoms with Crippen molar-refractivity contribution in [2.24, 2.45) is 32.5 Å². The van der Waals surface area contributed by atoms with E-state index in [9.17, 15) is 34.2 Å². The molecule has 0 amide bonds. The van der Waals surface area contributed by atoms with Gasteiger partial charge in [-0.3, -0.25) is 24.0 Å². The molecule has 1 aliphatic carbocycles. The first-order chi connectivity index (χ1) is 46.6. The Kier molecular flexibility index (Phi) is 45.5. The van der Waals surface area contributed by atoms with Crippen molar-refractivity contribution in [3.05, 3.63) is 165 Å². The number of thioether (sulfide) groups is 1. The molecule has 0 saturated heterocycles. The van der Waals surface area contributed by atoms with Gasteiger partial charge < -0.3 is 29.3 Å². The number of rotatable bonds is 2. The number of allylic oxidation sites excluding steroid dienone is 8. The molecule has 0 saturated carbocycles. The maximum atomic E-state index is 13.2. The first-order valence-corrected chi connectivity index (χ1v) is 39.5. The van der Waals surface area contributed by atoms with Gasteiger partial charge >= 0.3 is 52.0 Å². The normalized spacial score (nSPS) is 13.5. The second-order valence-corrected chi connectivity index (χ2v) is 43.1. The fraction of sp³-hybridized carbons (Fsp3) is 0.560. The third-order valence-corrected chi connectivity index (χ3v) is 21.6. The molecule has 1 aromatic carbocycles. The molecule has 2 aliphatic rings. The van der Waals surface area contributed by atoms with Crippen LogP contribution in [0.15, 0.2) is 101 Å². The molecule has 1 aliphatic heterocycles. The standard InChI is InChI=1S/C32H42O2S2.C14H23S.C13H20OS.C13H20O.C13H18O.C4H2O4.CH4.CH3.Mn.Na.2O.H2S.H/c1-29(2,3)23-15-19(16-24(35-23)30(4,5)6)13-21-27(33)22(28(21)34)14-20-17-25(31(7,8)9)36-26(18-20)32(10,11)12;1-10-8-11(13(2,3)4)15-12(9-10)14(5,6)7;1-12(2,3)10-7-9(14)8-11(15-10)13(4,5)6;2*1-12(2,3)9-7-11(14)8-10-13(4,5)6;5-1-2(6)4(8)3(1)7;;;;;;;;/h13-18H,1-12H3;8-9H,1-7H3;7-8H,1-6H3;11,14H,1-6H3;1-6H3;5-6H;1H4;1H3;;;;;1H2;/q;+1;;;;;;-1;;+1;;;;-1. The van der Waals surface area contributed by atoms with Crippen LogP contribution in [0.5, 0.6) is 11.5 Å². The third-order valence-electron chi connectivity index (χ3n) is 14.0. The van der Waals surface area contributed by atoms with E-state index < -0.39 is 43.3 Å². The second-order valence-electron chi connectivity index (χ2n) is 38.6. The summed E-state index contributed by atoms with van der Waals surface area (Å²) in [6.07, 6.45) is 6.99. The SMILES string of the molecule is C.CC(C)(C)C#CC(=O)C#CC(C)(C)C.CC(C)(C)C#CC(O)C#CC(C)(C)C.CC(C)(C)C1=CC(=CC2=C([O-])/C(=C/c3cc(C(C)(C)C)[s+]c(C(C)(C)C)c3)C2=O)C=C(C(C)(C)C)S1.CC(C)(C)c1cc(=O)cc(C(C)(C)C)s1.Cc1cc(C(C)(C)C)[s+]c(C(C)(C)C)c1.O=c1c(O)c(O)c1=O.S.[CH3-].[H-].[Na+].[O]=[Mn]=[O]. The Morgan fingerprint density at radius 3 is 1.04 bits per heavy atom. The number of aryl methyl sites for hydroxylation is 1. The van der Waals surface area contributed by atoms with Crippen molar-refractivity contribution in [2.45, 2.75) is 302 Å². The molecular weight excluding hydrogens is 1510 g/mol. The Hall–Kier alpha value is -4.95. The molecule has 3 N–H and O–H groups in total. The van der Waals surface area contributed by atoms with Gasteiger partial charge in [-0.1, -0.05) is 227 Å². The molecule has 4 heterocycles. The van der Waals surface area contributed by atoms with Crippen LogP contribution < -0.4 is 51.0 Å². The molecule has 0 fully saturated rings. The van der Waals surface area contributed by atoms with Crippen molar-refractivity contribution >= 4 is 76.9 Å². The predicted molar refractivity (Wildman–Crippen MR) is 466 cm³/mol. The predicted octanol–water partition coefficient (Wildman–Crippen LogP) is 19.2. The van der Waals surface area contributed by atoms with Crippen LogP contribution in [0.2, 0.25) is 0 Å². The summed E-state index contributed by atoms with van der Waals surface area (Å²) in [7, 11) is 0. The van der Waals surface area contributed by atoms with Gasteiger partial charge in [0.25, 0.3) is 16.6 Å². The molecular formula is C91H135MnNaO11S5. The Labute approximate surface area is 713 Å². The van der Waals surface area contributed by atoms with E-state index in [1.54, 1.807) is 58.7 Å². The molecule has 0 radical (unpaired) electrons. The fourth-order valence-corrected chi connectivity index (χ4v) is 12.8. The van der Waals surface area contributed by atoms with Gasteiger partial charge in [0.2, 0.25) is 53.7 Å². The van der Waals surface area contributed by atoms with E-state index in [1.165, 1.54) is 44.6 Å². The molecule has 4 aromatic rings. The molecule has 0 atom stereocenters. The monoisotopic (exact) mass is 1640 g/mol. The molecule has 0 spiro atoms. The van der Waals surface area contributed by atoms with Crippen molar-refractivity contribution < 1.29 is 83.5 Å². The van der Waals surface area contributed by atoms with Crippen molar-refractivity contribution in [3.8, 4) is 58.9 Å². The molecule has 603 valence electrons. The Morgan fingerprint density at radius 2 is 0.789 bits per heavy atom. The van der Waals surface area contributed by atoms with E-state index in [4.69, 9.17) is 17.9 Å². The Bertz CT molecular complexity index is 4150. The minimum atomic E-state index is -1.44. The van der Waals surface area contributed by atoms with E-state index in [0.29, 0.717) is 0 Å². The zero-order valence-electron chi connectivity index (χ0n) is 74.0. The van der Waals surface area contributed by atoms with Crippen LogP contribution in [0.3, 0.4) is 0 Å². The number of aliphatic hydroxyl groups excluding tert-OH is 1. The van der Waals surface area contributed by atoms with Crippen molar-refractivity contribution in [1.29, 1.82) is 0 Å². The van der Waals surface area contributed by atoms with Crippen LogP contribution in [0.1, 0.15) is 298 Å². The second kappa shape index (κ2) is 44.1. The summed E-state index contributed by atoms with van der Waals surface area (Å²) >= 11 is 5.87. The number of aliphatic hydroxyl groups is 1. The summed E-state index contributed by atoms with van der Waals surface area (Å²) in [5, 5.41) is 39.0. The number of ketones is 2. The number of hydrogen-bond donors (Lipinski definition) is 3. The Balaban J connectivity index is -0.000000311. The average Bonchev–Trinajstić information content (AvgIpc) is 0.761. The number of hydrogen-bond acceptors (Lipinski definition) is 13. The minimum absolute atomic E-state index is 0. The van der Waals surface area contributed by atoms with E-state index >= 15 is 0 Å². The first kappa shape index (κ1) is 113. The van der Waals surface area contributed by atoms with E-state index in [1.807, 2.05) is 94.4 Å². The van der Waals surface area contributed by atoms with Gasteiger partial charge in [0, 0.05) is 88.5 Å². The van der Waals surface area contributed by atoms with Crippen LogP contribution >= 0.6 is 59.3 Å². The first-order valence-electron chi connectivity index (χ1n) is 35.2. The molecule has 11 nitrogen and oxygen atoms in total. The fourth-order valence-electron chi connectivity index (χ4n) is 7.80. The average molecular weight is 1640 g/mol. The zero-order valence-corrected chi connectivity index (χ0v) is 80.4. The molecule has 0 bridgehead atoms. The van der Waals surface area contributed by atoms with Gasteiger partial charge in [0.05, 0.1) is 0 Å². The quantitative estimate of drug-likeness (QED) is 0.0326. The van der Waals surface area contributed by atoms with E-state index in [-0.39, 0.29) is 158 Å². The summed E-state index contributed by atoms with van der Waals surface area (Å²) in [5.74, 6) is 19.9. The van der Waals surface area contributed by atoms with Crippen LogP contribution in [-0.4, -0.2) is 33.0 Å². The van der Waals surface area contributed by atoms with Gasteiger partial charge in [0.1, 0.15) is 0 Å². The number of aromatic hydroxyl groups is 2. The maximum absolute atomic E-state index is 13.2. The van der Waals surface area contributed by atoms with Crippen LogP contribution in [0, 0.1) is 94.2 Å². The van der Waals surface area contributed by atoms with Crippen molar-refractivity contribution in [1.82, 2.24) is 0 Å².